The molecule has 3 heteroatoms. The number of hydrogen-bond donors (Lipinski definition) is 2. The van der Waals surface area contributed by atoms with Crippen LogP contribution in [0.2, 0.25) is 0 Å². The van der Waals surface area contributed by atoms with Gasteiger partial charge < -0.3 is 10.4 Å². The minimum atomic E-state index is -1.13. The minimum Gasteiger partial charge on any atom is -0.386 e. The second kappa shape index (κ2) is 4.79. The standard InChI is InChI=1S/C12H21NO2/c1-9(12(2,3)15)11(14)13-10-7-5-4-6-8-10/h10,15H,1,4-8H2,2-3H3,(H,13,14). The SMILES string of the molecule is C=C(C(=O)NC1CCCCC1)C(C)(C)O. The first-order valence-corrected chi connectivity index (χ1v) is 5.64. The zero-order chi connectivity index (χ0) is 11.5. The largest absolute Gasteiger partial charge is 0.386 e. The fourth-order valence-corrected chi connectivity index (χ4v) is 1.80. The smallest absolute Gasteiger partial charge is 0.249 e. The maximum Gasteiger partial charge on any atom is 0.249 e. The molecule has 0 bridgehead atoms. The van der Waals surface area contributed by atoms with E-state index in [0.29, 0.717) is 0 Å². The van der Waals surface area contributed by atoms with E-state index < -0.39 is 5.60 Å². The van der Waals surface area contributed by atoms with E-state index in [2.05, 4.69) is 11.9 Å². The molecule has 0 unspecified atom stereocenters. The number of carbonyl (C=O) groups excluding carboxylic acids is 1. The highest BCUT2D eigenvalue weighted by atomic mass is 16.3. The highest BCUT2D eigenvalue weighted by Crippen LogP contribution is 2.19. The summed E-state index contributed by atoms with van der Waals surface area (Å²) in [6.07, 6.45) is 5.72. The van der Waals surface area contributed by atoms with Crippen LogP contribution in [0.25, 0.3) is 0 Å². The van der Waals surface area contributed by atoms with Crippen molar-refractivity contribution in [2.75, 3.05) is 0 Å². The van der Waals surface area contributed by atoms with Gasteiger partial charge in [0.2, 0.25) is 5.91 Å². The van der Waals surface area contributed by atoms with Gasteiger partial charge in [0.15, 0.2) is 0 Å². The molecule has 0 spiro atoms. The van der Waals surface area contributed by atoms with E-state index in [1.165, 1.54) is 19.3 Å². The molecule has 2 N–H and O–H groups in total. The molecule has 3 nitrogen and oxygen atoms in total. The molecule has 1 aliphatic rings. The molecule has 0 saturated heterocycles. The van der Waals surface area contributed by atoms with Crippen molar-refractivity contribution in [3.8, 4) is 0 Å². The molecular formula is C12H21NO2. The van der Waals surface area contributed by atoms with Crippen LogP contribution in [0.1, 0.15) is 46.0 Å². The zero-order valence-electron chi connectivity index (χ0n) is 9.68. The number of nitrogens with one attached hydrogen (secondary N) is 1. The Hall–Kier alpha value is -0.830. The van der Waals surface area contributed by atoms with E-state index in [9.17, 15) is 9.90 Å². The van der Waals surface area contributed by atoms with Crippen LogP contribution in [0.3, 0.4) is 0 Å². The molecule has 86 valence electrons. The van der Waals surface area contributed by atoms with Gasteiger partial charge in [-0.1, -0.05) is 25.8 Å². The summed E-state index contributed by atoms with van der Waals surface area (Å²) in [5, 5.41) is 12.6. The Labute approximate surface area is 91.6 Å². The van der Waals surface area contributed by atoms with E-state index in [-0.39, 0.29) is 17.5 Å². The van der Waals surface area contributed by atoms with E-state index >= 15 is 0 Å². The number of aliphatic hydroxyl groups is 1. The fourth-order valence-electron chi connectivity index (χ4n) is 1.80. The fraction of sp³-hybridized carbons (Fsp3) is 0.750. The summed E-state index contributed by atoms with van der Waals surface area (Å²) in [4.78, 5) is 11.7. The van der Waals surface area contributed by atoms with Crippen molar-refractivity contribution in [1.29, 1.82) is 0 Å². The molecule has 15 heavy (non-hydrogen) atoms. The van der Waals surface area contributed by atoms with Crippen molar-refractivity contribution in [1.82, 2.24) is 5.32 Å². The van der Waals surface area contributed by atoms with E-state index in [4.69, 9.17) is 0 Å². The maximum absolute atomic E-state index is 11.7. The number of amides is 1. The van der Waals surface area contributed by atoms with Crippen molar-refractivity contribution in [2.24, 2.45) is 0 Å². The third kappa shape index (κ3) is 3.67. The van der Waals surface area contributed by atoms with Crippen molar-refractivity contribution in [3.63, 3.8) is 0 Å². The van der Waals surface area contributed by atoms with E-state index in [0.717, 1.165) is 12.8 Å². The van der Waals surface area contributed by atoms with Crippen LogP contribution in [0.15, 0.2) is 12.2 Å². The van der Waals surface area contributed by atoms with Gasteiger partial charge in [-0.15, -0.1) is 0 Å². The molecule has 1 aliphatic carbocycles. The number of carbonyl (C=O) groups is 1. The molecule has 1 saturated carbocycles. The Morgan fingerprint density at radius 3 is 2.33 bits per heavy atom. The molecule has 0 aromatic carbocycles. The molecule has 0 heterocycles. The van der Waals surface area contributed by atoms with Gasteiger partial charge in [0.25, 0.3) is 0 Å². The summed E-state index contributed by atoms with van der Waals surface area (Å²) < 4.78 is 0. The lowest BCUT2D eigenvalue weighted by molar-refractivity contribution is -0.120. The summed E-state index contributed by atoms with van der Waals surface area (Å²) in [5.41, 5.74) is -0.883. The Kier molecular flexibility index (Phi) is 3.91. The summed E-state index contributed by atoms with van der Waals surface area (Å²) in [6.45, 7) is 6.79. The highest BCUT2D eigenvalue weighted by molar-refractivity contribution is 5.94. The second-order valence-corrected chi connectivity index (χ2v) is 4.85. The lowest BCUT2D eigenvalue weighted by Gasteiger charge is -2.26. The molecule has 1 fully saturated rings. The van der Waals surface area contributed by atoms with Crippen LogP contribution in [-0.4, -0.2) is 22.7 Å². The Bertz CT molecular complexity index is 247. The van der Waals surface area contributed by atoms with Crippen molar-refractivity contribution in [2.45, 2.75) is 57.6 Å². The monoisotopic (exact) mass is 211 g/mol. The first-order valence-electron chi connectivity index (χ1n) is 5.64. The molecule has 0 atom stereocenters. The average Bonchev–Trinajstić information content (AvgIpc) is 2.16. The summed E-state index contributed by atoms with van der Waals surface area (Å²) >= 11 is 0. The van der Waals surface area contributed by atoms with Crippen molar-refractivity contribution >= 4 is 5.91 Å². The van der Waals surface area contributed by atoms with Gasteiger partial charge in [-0.3, -0.25) is 4.79 Å². The van der Waals surface area contributed by atoms with Crippen LogP contribution in [0, 0.1) is 0 Å². The molecule has 0 radical (unpaired) electrons. The average molecular weight is 211 g/mol. The highest BCUT2D eigenvalue weighted by Gasteiger charge is 2.25. The molecule has 1 rings (SSSR count). The minimum absolute atomic E-state index is 0.214. The molecule has 0 aromatic rings. The molecule has 1 amide bonds. The zero-order valence-corrected chi connectivity index (χ0v) is 9.68. The van der Waals surface area contributed by atoms with Gasteiger partial charge in [-0.05, 0) is 26.7 Å². The summed E-state index contributed by atoms with van der Waals surface area (Å²) in [6, 6.07) is 0.269. The van der Waals surface area contributed by atoms with Gasteiger partial charge in [0.05, 0.1) is 5.60 Å². The lowest BCUT2D eigenvalue weighted by Crippen LogP contribution is -2.41. The van der Waals surface area contributed by atoms with Crippen molar-refractivity contribution in [3.05, 3.63) is 12.2 Å². The number of hydrogen-bond acceptors (Lipinski definition) is 2. The van der Waals surface area contributed by atoms with Crippen LogP contribution in [0.5, 0.6) is 0 Å². The van der Waals surface area contributed by atoms with Crippen LogP contribution in [0.4, 0.5) is 0 Å². The molecule has 0 aliphatic heterocycles. The van der Waals surface area contributed by atoms with Crippen LogP contribution in [-0.2, 0) is 4.79 Å². The van der Waals surface area contributed by atoms with Gasteiger partial charge in [0, 0.05) is 11.6 Å². The Morgan fingerprint density at radius 2 is 1.87 bits per heavy atom. The van der Waals surface area contributed by atoms with Gasteiger partial charge in [0.1, 0.15) is 0 Å². The van der Waals surface area contributed by atoms with Gasteiger partial charge >= 0.3 is 0 Å². The third-order valence-electron chi connectivity index (χ3n) is 2.95. The molecule has 0 aromatic heterocycles. The lowest BCUT2D eigenvalue weighted by atomic mass is 9.94. The van der Waals surface area contributed by atoms with Gasteiger partial charge in [-0.2, -0.15) is 0 Å². The first kappa shape index (κ1) is 12.2. The Morgan fingerprint density at radius 1 is 1.33 bits per heavy atom. The van der Waals surface area contributed by atoms with E-state index in [1.54, 1.807) is 13.8 Å². The normalized spacial score (nSPS) is 18.6. The van der Waals surface area contributed by atoms with Gasteiger partial charge in [-0.25, -0.2) is 0 Å². The Balaban J connectivity index is 2.44. The molecular weight excluding hydrogens is 190 g/mol. The maximum atomic E-state index is 11.7. The van der Waals surface area contributed by atoms with Crippen molar-refractivity contribution < 1.29 is 9.90 Å². The predicted molar refractivity (Wildman–Crippen MR) is 60.5 cm³/mol. The summed E-state index contributed by atoms with van der Waals surface area (Å²) in [5.74, 6) is -0.214. The van der Waals surface area contributed by atoms with Crippen LogP contribution < -0.4 is 5.32 Å². The second-order valence-electron chi connectivity index (χ2n) is 4.85. The first-order chi connectivity index (χ1) is 6.91. The topological polar surface area (TPSA) is 49.3 Å². The summed E-state index contributed by atoms with van der Waals surface area (Å²) in [7, 11) is 0. The van der Waals surface area contributed by atoms with Crippen LogP contribution >= 0.6 is 0 Å². The quantitative estimate of drug-likeness (QED) is 0.699. The van der Waals surface area contributed by atoms with E-state index in [1.807, 2.05) is 0 Å². The predicted octanol–water partition coefficient (Wildman–Crippen LogP) is 1.76. The third-order valence-corrected chi connectivity index (χ3v) is 2.95. The number of rotatable bonds is 3.